The van der Waals surface area contributed by atoms with Crippen molar-refractivity contribution in [3.05, 3.63) is 72.3 Å². The van der Waals surface area contributed by atoms with Crippen LogP contribution in [0.3, 0.4) is 0 Å². The molecule has 0 aromatic heterocycles. The molecule has 0 atom stereocenters. The summed E-state index contributed by atoms with van der Waals surface area (Å²) in [5.74, 6) is 2.37. The summed E-state index contributed by atoms with van der Waals surface area (Å²) in [7, 11) is 1.66. The van der Waals surface area contributed by atoms with Gasteiger partial charge in [0.25, 0.3) is 0 Å². The summed E-state index contributed by atoms with van der Waals surface area (Å²) < 4.78 is 15.9. The van der Waals surface area contributed by atoms with E-state index in [4.69, 9.17) is 14.2 Å². The molecule has 5 nitrogen and oxygen atoms in total. The van der Waals surface area contributed by atoms with E-state index in [1.54, 1.807) is 7.11 Å². The van der Waals surface area contributed by atoms with E-state index in [0.717, 1.165) is 39.9 Å². The lowest BCUT2D eigenvalue weighted by atomic mass is 10.2. The Balaban J connectivity index is 1.42. The molecule has 1 N–H and O–H groups in total. The Morgan fingerprint density at radius 2 is 1.58 bits per heavy atom. The third-order valence-corrected chi connectivity index (χ3v) is 4.01. The van der Waals surface area contributed by atoms with E-state index < -0.39 is 0 Å². The van der Waals surface area contributed by atoms with Crippen LogP contribution < -0.4 is 19.5 Å². The van der Waals surface area contributed by atoms with Gasteiger partial charge in [-0.15, -0.1) is 0 Å². The molecule has 1 aliphatic heterocycles. The average molecular weight is 346 g/mol. The van der Waals surface area contributed by atoms with E-state index in [-0.39, 0.29) is 6.79 Å². The lowest BCUT2D eigenvalue weighted by molar-refractivity contribution is 0.174. The van der Waals surface area contributed by atoms with Gasteiger partial charge < -0.3 is 19.5 Å². The van der Waals surface area contributed by atoms with Crippen LogP contribution in [0.2, 0.25) is 0 Å². The Labute approximate surface area is 151 Å². The van der Waals surface area contributed by atoms with Crippen LogP contribution >= 0.6 is 0 Å². The number of hydrogen-bond acceptors (Lipinski definition) is 5. The molecule has 0 fully saturated rings. The van der Waals surface area contributed by atoms with Gasteiger partial charge >= 0.3 is 0 Å². The molecule has 1 heterocycles. The Morgan fingerprint density at radius 3 is 2.31 bits per heavy atom. The van der Waals surface area contributed by atoms with E-state index >= 15 is 0 Å². The van der Waals surface area contributed by atoms with Crippen LogP contribution in [0, 0.1) is 0 Å². The zero-order valence-electron chi connectivity index (χ0n) is 14.3. The molecule has 0 saturated carbocycles. The molecule has 0 aliphatic carbocycles. The summed E-state index contributed by atoms with van der Waals surface area (Å²) in [5, 5.41) is 3.35. The average Bonchev–Trinajstić information content (AvgIpc) is 3.16. The van der Waals surface area contributed by atoms with Crippen LogP contribution in [0.1, 0.15) is 5.56 Å². The van der Waals surface area contributed by atoms with Crippen LogP contribution in [0.15, 0.2) is 71.7 Å². The first-order valence-corrected chi connectivity index (χ1v) is 8.25. The minimum absolute atomic E-state index is 0.276. The fourth-order valence-electron chi connectivity index (χ4n) is 2.61. The molecule has 0 amide bonds. The quantitative estimate of drug-likeness (QED) is 0.666. The minimum Gasteiger partial charge on any atom is -0.497 e. The maximum Gasteiger partial charge on any atom is 0.231 e. The van der Waals surface area contributed by atoms with Crippen molar-refractivity contribution in [2.45, 2.75) is 0 Å². The molecule has 5 heteroatoms. The topological polar surface area (TPSA) is 52.1 Å². The second-order valence-corrected chi connectivity index (χ2v) is 5.77. The lowest BCUT2D eigenvalue weighted by Crippen LogP contribution is -1.92. The molecule has 0 saturated heterocycles. The molecule has 0 radical (unpaired) electrons. The van der Waals surface area contributed by atoms with Crippen molar-refractivity contribution in [1.29, 1.82) is 0 Å². The maximum atomic E-state index is 5.38. The maximum absolute atomic E-state index is 5.38. The minimum atomic E-state index is 0.276. The van der Waals surface area contributed by atoms with E-state index in [1.165, 1.54) is 0 Å². The van der Waals surface area contributed by atoms with Gasteiger partial charge in [0.15, 0.2) is 11.5 Å². The van der Waals surface area contributed by atoms with Gasteiger partial charge in [0.2, 0.25) is 6.79 Å². The lowest BCUT2D eigenvalue weighted by Gasteiger charge is -2.07. The molecule has 1 aliphatic rings. The monoisotopic (exact) mass is 346 g/mol. The fraction of sp³-hybridized carbons (Fsp3) is 0.0952. The standard InChI is InChI=1S/C21H18N2O3/c1-24-19-9-7-18(8-10-19)23-17-5-3-16(4-6-17)22-13-15-2-11-20-21(12-15)26-14-25-20/h2-13,23H,14H2,1H3. The fourth-order valence-corrected chi connectivity index (χ4v) is 2.61. The summed E-state index contributed by atoms with van der Waals surface area (Å²) in [6, 6.07) is 21.5. The van der Waals surface area contributed by atoms with Crippen LogP contribution in [0.5, 0.6) is 17.2 Å². The van der Waals surface area contributed by atoms with Crippen molar-refractivity contribution in [2.75, 3.05) is 19.2 Å². The summed E-state index contributed by atoms with van der Waals surface area (Å²) in [5.41, 5.74) is 3.84. The van der Waals surface area contributed by atoms with Gasteiger partial charge in [-0.2, -0.15) is 0 Å². The molecule has 4 rings (SSSR count). The Morgan fingerprint density at radius 1 is 0.885 bits per heavy atom. The summed E-state index contributed by atoms with van der Waals surface area (Å²) in [6.45, 7) is 0.276. The second kappa shape index (κ2) is 7.19. The normalized spacial score (nSPS) is 12.3. The van der Waals surface area contributed by atoms with E-state index in [2.05, 4.69) is 10.3 Å². The molecule has 3 aromatic carbocycles. The number of fused-ring (bicyclic) bond motifs is 1. The number of aliphatic imine (C=N–C) groups is 1. The first-order chi connectivity index (χ1) is 12.8. The van der Waals surface area contributed by atoms with E-state index in [9.17, 15) is 0 Å². The number of anilines is 2. The third-order valence-electron chi connectivity index (χ3n) is 4.01. The molecule has 130 valence electrons. The number of hydrogen-bond donors (Lipinski definition) is 1. The number of benzene rings is 3. The largest absolute Gasteiger partial charge is 0.497 e. The van der Waals surface area contributed by atoms with Gasteiger partial charge in [-0.3, -0.25) is 4.99 Å². The van der Waals surface area contributed by atoms with Crippen LogP contribution in [-0.2, 0) is 0 Å². The van der Waals surface area contributed by atoms with Gasteiger partial charge in [0.05, 0.1) is 12.8 Å². The van der Waals surface area contributed by atoms with E-state index in [1.807, 2.05) is 72.9 Å². The van der Waals surface area contributed by atoms with Gasteiger partial charge in [0.1, 0.15) is 5.75 Å². The highest BCUT2D eigenvalue weighted by molar-refractivity contribution is 5.83. The summed E-state index contributed by atoms with van der Waals surface area (Å²) in [6.07, 6.45) is 1.81. The van der Waals surface area contributed by atoms with Crippen molar-refractivity contribution < 1.29 is 14.2 Å². The second-order valence-electron chi connectivity index (χ2n) is 5.77. The Kier molecular flexibility index (Phi) is 4.43. The number of nitrogens with zero attached hydrogens (tertiary/aromatic N) is 1. The first-order valence-electron chi connectivity index (χ1n) is 8.25. The van der Waals surface area contributed by atoms with E-state index in [0.29, 0.717) is 0 Å². The summed E-state index contributed by atoms with van der Waals surface area (Å²) in [4.78, 5) is 4.51. The first kappa shape index (κ1) is 16.0. The zero-order chi connectivity index (χ0) is 17.8. The molecule has 3 aromatic rings. The molecule has 0 spiro atoms. The highest BCUT2D eigenvalue weighted by Crippen LogP contribution is 2.32. The molecule has 26 heavy (non-hydrogen) atoms. The van der Waals surface area contributed by atoms with Crippen molar-refractivity contribution >= 4 is 23.3 Å². The van der Waals surface area contributed by atoms with Gasteiger partial charge in [-0.05, 0) is 72.3 Å². The Bertz CT molecular complexity index is 919. The van der Waals surface area contributed by atoms with Gasteiger partial charge in [-0.1, -0.05) is 0 Å². The zero-order valence-corrected chi connectivity index (χ0v) is 14.3. The molecule has 0 bridgehead atoms. The van der Waals surface area contributed by atoms with Crippen LogP contribution in [-0.4, -0.2) is 20.1 Å². The number of ether oxygens (including phenoxy) is 3. The molecular weight excluding hydrogens is 328 g/mol. The van der Waals surface area contributed by atoms with Crippen LogP contribution in [0.25, 0.3) is 0 Å². The highest BCUT2D eigenvalue weighted by Gasteiger charge is 2.12. The van der Waals surface area contributed by atoms with Crippen LogP contribution in [0.4, 0.5) is 17.1 Å². The van der Waals surface area contributed by atoms with Gasteiger partial charge in [-0.25, -0.2) is 0 Å². The van der Waals surface area contributed by atoms with Gasteiger partial charge in [0, 0.05) is 17.6 Å². The Hall–Kier alpha value is -3.47. The van der Waals surface area contributed by atoms with Crippen molar-refractivity contribution in [3.8, 4) is 17.2 Å². The predicted molar refractivity (Wildman–Crippen MR) is 103 cm³/mol. The number of nitrogens with one attached hydrogen (secondary N) is 1. The molecular formula is C21H18N2O3. The van der Waals surface area contributed by atoms with Crippen molar-refractivity contribution in [3.63, 3.8) is 0 Å². The third kappa shape index (κ3) is 3.62. The number of methoxy groups -OCH3 is 1. The van der Waals surface area contributed by atoms with Crippen molar-refractivity contribution in [1.82, 2.24) is 0 Å². The van der Waals surface area contributed by atoms with Crippen molar-refractivity contribution in [2.24, 2.45) is 4.99 Å². The highest BCUT2D eigenvalue weighted by atomic mass is 16.7. The predicted octanol–water partition coefficient (Wildman–Crippen LogP) is 4.92. The molecule has 0 unspecified atom stereocenters. The SMILES string of the molecule is COc1ccc(Nc2ccc(N=Cc3ccc4c(c3)OCO4)cc2)cc1. The summed E-state index contributed by atoms with van der Waals surface area (Å²) >= 11 is 0. The smallest absolute Gasteiger partial charge is 0.231 e. The number of rotatable bonds is 5.